The first-order valence-corrected chi connectivity index (χ1v) is 7.95. The number of aromatic nitrogens is 3. The number of para-hydroxylation sites is 1. The van der Waals surface area contributed by atoms with E-state index in [2.05, 4.69) is 40.4 Å². The van der Waals surface area contributed by atoms with E-state index in [9.17, 15) is 0 Å². The first-order chi connectivity index (χ1) is 10.3. The highest BCUT2D eigenvalue weighted by Gasteiger charge is 2.15. The Labute approximate surface area is 128 Å². The lowest BCUT2D eigenvalue weighted by atomic mass is 10.1. The van der Waals surface area contributed by atoms with Gasteiger partial charge in [0.2, 0.25) is 0 Å². The SMILES string of the molecule is CCNC(Cc1nc2ccccc2s1)c1ccnc(C)n1. The van der Waals surface area contributed by atoms with Gasteiger partial charge in [0.25, 0.3) is 0 Å². The summed E-state index contributed by atoms with van der Waals surface area (Å²) in [5.74, 6) is 0.805. The number of rotatable bonds is 5. The molecule has 3 rings (SSSR count). The monoisotopic (exact) mass is 298 g/mol. The molecule has 0 fully saturated rings. The second-order valence-corrected chi connectivity index (χ2v) is 6.03. The standard InChI is InChI=1S/C16H18N4S/c1-3-17-14(12-8-9-18-11(2)19-12)10-16-20-13-6-4-5-7-15(13)21-16/h4-9,14,17H,3,10H2,1-2H3. The molecule has 5 heteroatoms. The summed E-state index contributed by atoms with van der Waals surface area (Å²) in [5, 5.41) is 4.63. The maximum Gasteiger partial charge on any atom is 0.125 e. The van der Waals surface area contributed by atoms with Crippen molar-refractivity contribution in [2.24, 2.45) is 0 Å². The molecule has 0 saturated heterocycles. The molecule has 1 atom stereocenters. The fourth-order valence-corrected chi connectivity index (χ4v) is 3.39. The van der Waals surface area contributed by atoms with Crippen molar-refractivity contribution in [1.29, 1.82) is 0 Å². The summed E-state index contributed by atoms with van der Waals surface area (Å²) in [4.78, 5) is 13.4. The summed E-state index contributed by atoms with van der Waals surface area (Å²) in [6.07, 6.45) is 2.67. The topological polar surface area (TPSA) is 50.7 Å². The number of aryl methyl sites for hydroxylation is 1. The molecular weight excluding hydrogens is 280 g/mol. The van der Waals surface area contributed by atoms with Crippen molar-refractivity contribution in [2.45, 2.75) is 26.3 Å². The average molecular weight is 298 g/mol. The minimum Gasteiger partial charge on any atom is -0.309 e. The maximum atomic E-state index is 4.72. The second-order valence-electron chi connectivity index (χ2n) is 4.92. The third-order valence-corrected chi connectivity index (χ3v) is 4.38. The zero-order chi connectivity index (χ0) is 14.7. The number of nitrogens with zero attached hydrogens (tertiary/aromatic N) is 3. The first-order valence-electron chi connectivity index (χ1n) is 7.13. The Balaban J connectivity index is 1.87. The Morgan fingerprint density at radius 2 is 2.05 bits per heavy atom. The van der Waals surface area contributed by atoms with Crippen LogP contribution in [0.1, 0.15) is 29.5 Å². The Bertz CT molecular complexity index is 705. The summed E-state index contributed by atoms with van der Waals surface area (Å²) in [7, 11) is 0. The van der Waals surface area contributed by atoms with Crippen LogP contribution in [-0.2, 0) is 6.42 Å². The van der Waals surface area contributed by atoms with Crippen LogP contribution in [0.2, 0.25) is 0 Å². The highest BCUT2D eigenvalue weighted by molar-refractivity contribution is 7.18. The van der Waals surface area contributed by atoms with Crippen molar-refractivity contribution in [3.8, 4) is 0 Å². The average Bonchev–Trinajstić information content (AvgIpc) is 2.89. The minimum atomic E-state index is 0.178. The number of hydrogen-bond donors (Lipinski definition) is 1. The number of hydrogen-bond acceptors (Lipinski definition) is 5. The highest BCUT2D eigenvalue weighted by atomic mass is 32.1. The van der Waals surface area contributed by atoms with Gasteiger partial charge in [-0.2, -0.15) is 0 Å². The van der Waals surface area contributed by atoms with Crippen molar-refractivity contribution in [3.63, 3.8) is 0 Å². The van der Waals surface area contributed by atoms with E-state index in [1.54, 1.807) is 11.3 Å². The normalized spacial score (nSPS) is 12.7. The van der Waals surface area contributed by atoms with Gasteiger partial charge in [-0.15, -0.1) is 11.3 Å². The molecule has 0 bridgehead atoms. The van der Waals surface area contributed by atoms with Gasteiger partial charge in [0.05, 0.1) is 27.0 Å². The summed E-state index contributed by atoms with van der Waals surface area (Å²) in [6, 6.07) is 10.4. The third-order valence-electron chi connectivity index (χ3n) is 3.32. The lowest BCUT2D eigenvalue weighted by molar-refractivity contribution is 0.533. The molecule has 0 radical (unpaired) electrons. The van der Waals surface area contributed by atoms with Crippen LogP contribution in [0.25, 0.3) is 10.2 Å². The zero-order valence-electron chi connectivity index (χ0n) is 12.2. The maximum absolute atomic E-state index is 4.72. The van der Waals surface area contributed by atoms with Crippen molar-refractivity contribution < 1.29 is 0 Å². The summed E-state index contributed by atoms with van der Waals surface area (Å²) in [5.41, 5.74) is 2.11. The van der Waals surface area contributed by atoms with E-state index in [-0.39, 0.29) is 6.04 Å². The summed E-state index contributed by atoms with van der Waals surface area (Å²) in [6.45, 7) is 4.93. The molecule has 108 valence electrons. The van der Waals surface area contributed by atoms with E-state index in [0.29, 0.717) is 0 Å². The van der Waals surface area contributed by atoms with Gasteiger partial charge in [-0.1, -0.05) is 19.1 Å². The Kier molecular flexibility index (Phi) is 4.22. The van der Waals surface area contributed by atoms with Gasteiger partial charge in [-0.25, -0.2) is 15.0 Å². The van der Waals surface area contributed by atoms with Crippen LogP contribution in [0.15, 0.2) is 36.5 Å². The molecule has 2 heterocycles. The highest BCUT2D eigenvalue weighted by Crippen LogP contribution is 2.25. The Morgan fingerprint density at radius 3 is 2.81 bits per heavy atom. The van der Waals surface area contributed by atoms with Gasteiger partial charge >= 0.3 is 0 Å². The van der Waals surface area contributed by atoms with E-state index in [1.165, 1.54) is 4.70 Å². The van der Waals surface area contributed by atoms with Gasteiger partial charge < -0.3 is 5.32 Å². The van der Waals surface area contributed by atoms with E-state index in [1.807, 2.05) is 25.3 Å². The quantitative estimate of drug-likeness (QED) is 0.785. The zero-order valence-corrected chi connectivity index (χ0v) is 13.0. The molecule has 1 N–H and O–H groups in total. The largest absolute Gasteiger partial charge is 0.309 e. The van der Waals surface area contributed by atoms with Gasteiger partial charge in [-0.3, -0.25) is 0 Å². The molecule has 0 aliphatic heterocycles. The van der Waals surface area contributed by atoms with Crippen molar-refractivity contribution >= 4 is 21.6 Å². The van der Waals surface area contributed by atoms with Crippen molar-refractivity contribution in [1.82, 2.24) is 20.3 Å². The number of nitrogens with one attached hydrogen (secondary N) is 1. The summed E-state index contributed by atoms with van der Waals surface area (Å²) >= 11 is 1.76. The smallest absolute Gasteiger partial charge is 0.125 e. The minimum absolute atomic E-state index is 0.178. The fraction of sp³-hybridized carbons (Fsp3) is 0.312. The van der Waals surface area contributed by atoms with Gasteiger partial charge in [0.1, 0.15) is 5.82 Å². The molecule has 0 amide bonds. The van der Waals surface area contributed by atoms with Crippen LogP contribution in [0, 0.1) is 6.92 Å². The molecule has 0 aliphatic carbocycles. The van der Waals surface area contributed by atoms with Gasteiger partial charge in [-0.05, 0) is 31.7 Å². The van der Waals surface area contributed by atoms with E-state index in [0.717, 1.165) is 35.0 Å². The summed E-state index contributed by atoms with van der Waals surface area (Å²) < 4.78 is 1.24. The number of fused-ring (bicyclic) bond motifs is 1. The first kappa shape index (κ1) is 14.1. The Morgan fingerprint density at radius 1 is 1.19 bits per heavy atom. The van der Waals surface area contributed by atoms with Gasteiger partial charge in [0.15, 0.2) is 0 Å². The third kappa shape index (κ3) is 3.25. The van der Waals surface area contributed by atoms with Crippen LogP contribution in [0.5, 0.6) is 0 Å². The second kappa shape index (κ2) is 6.28. The molecule has 2 aromatic heterocycles. The number of likely N-dealkylation sites (N-methyl/N-ethyl adjacent to an activating group) is 1. The molecule has 0 saturated carbocycles. The van der Waals surface area contributed by atoms with Crippen LogP contribution < -0.4 is 5.32 Å². The van der Waals surface area contributed by atoms with Crippen LogP contribution in [0.3, 0.4) is 0 Å². The van der Waals surface area contributed by atoms with Crippen molar-refractivity contribution in [2.75, 3.05) is 6.54 Å². The van der Waals surface area contributed by atoms with E-state index in [4.69, 9.17) is 4.98 Å². The fourth-order valence-electron chi connectivity index (χ4n) is 2.38. The predicted molar refractivity (Wildman–Crippen MR) is 86.5 cm³/mol. The van der Waals surface area contributed by atoms with E-state index < -0.39 is 0 Å². The Hall–Kier alpha value is -1.85. The lowest BCUT2D eigenvalue weighted by Gasteiger charge is -2.16. The van der Waals surface area contributed by atoms with Crippen LogP contribution >= 0.6 is 11.3 Å². The molecule has 21 heavy (non-hydrogen) atoms. The lowest BCUT2D eigenvalue weighted by Crippen LogP contribution is -2.24. The van der Waals surface area contributed by atoms with E-state index >= 15 is 0 Å². The molecule has 3 aromatic rings. The molecule has 1 aromatic carbocycles. The van der Waals surface area contributed by atoms with Crippen LogP contribution in [0.4, 0.5) is 0 Å². The molecular formula is C16H18N4S. The molecule has 4 nitrogen and oxygen atoms in total. The molecule has 0 aliphatic rings. The van der Waals surface area contributed by atoms with Gasteiger partial charge in [0, 0.05) is 12.6 Å². The predicted octanol–water partition coefficient (Wildman–Crippen LogP) is 3.29. The molecule has 0 spiro atoms. The van der Waals surface area contributed by atoms with Crippen LogP contribution in [-0.4, -0.2) is 21.5 Å². The molecule has 1 unspecified atom stereocenters. The number of benzene rings is 1. The van der Waals surface area contributed by atoms with Crippen molar-refractivity contribution in [3.05, 3.63) is 53.1 Å². The number of thiazole rings is 1.